The molecule has 1 amide bonds. The number of aromatic nitrogens is 4. The average Bonchev–Trinajstić information content (AvgIpc) is 3.39. The van der Waals surface area contributed by atoms with Gasteiger partial charge in [-0.2, -0.15) is 0 Å². The van der Waals surface area contributed by atoms with Crippen LogP contribution in [0.15, 0.2) is 60.8 Å². The molecule has 6 rings (SSSR count). The average molecular weight is 522 g/mol. The van der Waals surface area contributed by atoms with Crippen LogP contribution in [0.25, 0.3) is 21.9 Å². The van der Waals surface area contributed by atoms with Gasteiger partial charge in [-0.1, -0.05) is 32.0 Å². The number of H-pyrrole nitrogens is 1. The summed E-state index contributed by atoms with van der Waals surface area (Å²) in [7, 11) is 0. The van der Waals surface area contributed by atoms with Crippen molar-refractivity contribution in [1.82, 2.24) is 19.9 Å². The smallest absolute Gasteiger partial charge is 0.255 e. The number of aryl methyl sites for hydroxylation is 1. The van der Waals surface area contributed by atoms with Gasteiger partial charge in [0.15, 0.2) is 0 Å². The largest absolute Gasteiger partial charge is 0.378 e. The van der Waals surface area contributed by atoms with Crippen LogP contribution in [0.4, 0.5) is 23.0 Å². The summed E-state index contributed by atoms with van der Waals surface area (Å²) in [4.78, 5) is 33.0. The number of fused-ring (bicyclic) bond motifs is 2. The highest BCUT2D eigenvalue weighted by atomic mass is 16.5. The van der Waals surface area contributed by atoms with Crippen molar-refractivity contribution in [2.45, 2.75) is 26.7 Å². The number of ether oxygens (including phenoxy) is 1. The fourth-order valence-electron chi connectivity index (χ4n) is 4.81. The van der Waals surface area contributed by atoms with E-state index in [1.165, 1.54) is 0 Å². The van der Waals surface area contributed by atoms with Crippen LogP contribution in [0.1, 0.15) is 41.5 Å². The normalized spacial score (nSPS) is 13.8. The highest BCUT2D eigenvalue weighted by Crippen LogP contribution is 2.30. The number of hydrogen-bond donors (Lipinski definition) is 3. The third kappa shape index (κ3) is 5.13. The van der Waals surface area contributed by atoms with E-state index in [2.05, 4.69) is 39.3 Å². The van der Waals surface area contributed by atoms with Gasteiger partial charge in [-0.25, -0.2) is 15.0 Å². The third-order valence-electron chi connectivity index (χ3n) is 6.97. The zero-order valence-electron chi connectivity index (χ0n) is 22.3. The number of aromatic amines is 1. The Labute approximate surface area is 226 Å². The Hall–Kier alpha value is -4.50. The van der Waals surface area contributed by atoms with Gasteiger partial charge in [0.1, 0.15) is 11.3 Å². The Morgan fingerprint density at radius 3 is 2.59 bits per heavy atom. The van der Waals surface area contributed by atoms with E-state index < -0.39 is 0 Å². The summed E-state index contributed by atoms with van der Waals surface area (Å²) in [5.41, 5.74) is 6.51. The number of nitrogens with zero attached hydrogens (tertiary/aromatic N) is 4. The van der Waals surface area contributed by atoms with E-state index in [-0.39, 0.29) is 11.8 Å². The van der Waals surface area contributed by atoms with Crippen molar-refractivity contribution < 1.29 is 9.53 Å². The van der Waals surface area contributed by atoms with Crippen LogP contribution in [-0.2, 0) is 4.74 Å². The Bertz CT molecular complexity index is 1650. The standard InChI is InChI=1S/C30H31N7O2/c1-18(2)28-33-24-15-22(32-30-31-17-21-6-4-5-19(3)26(21)36-30)16-25(27(24)35-28)34-29(38)20-7-9-23(10-8-20)37-11-13-39-14-12-37/h4-10,15-18H,11-14H2,1-3H3,(H,33,35)(H,34,38)(H,31,32,36). The predicted molar refractivity (Wildman–Crippen MR) is 155 cm³/mol. The molecule has 0 saturated carbocycles. The van der Waals surface area contributed by atoms with Crippen molar-refractivity contribution in [3.05, 3.63) is 77.7 Å². The minimum absolute atomic E-state index is 0.200. The predicted octanol–water partition coefficient (Wildman–Crippen LogP) is 5.77. The maximum atomic E-state index is 13.3. The van der Waals surface area contributed by atoms with Crippen molar-refractivity contribution in [3.63, 3.8) is 0 Å². The van der Waals surface area contributed by atoms with Crippen LogP contribution in [0.2, 0.25) is 0 Å². The zero-order valence-corrected chi connectivity index (χ0v) is 22.3. The Morgan fingerprint density at radius 1 is 1.03 bits per heavy atom. The Morgan fingerprint density at radius 2 is 1.82 bits per heavy atom. The maximum Gasteiger partial charge on any atom is 0.255 e. The van der Waals surface area contributed by atoms with E-state index in [0.717, 1.165) is 52.3 Å². The number of morpholine rings is 1. The minimum Gasteiger partial charge on any atom is -0.378 e. The summed E-state index contributed by atoms with van der Waals surface area (Å²) in [5, 5.41) is 7.38. The number of rotatable bonds is 6. The number of anilines is 4. The quantitative estimate of drug-likeness (QED) is 0.260. The molecule has 3 aromatic carbocycles. The maximum absolute atomic E-state index is 13.3. The first kappa shape index (κ1) is 24.8. The zero-order chi connectivity index (χ0) is 26.9. The number of carbonyl (C=O) groups excluding carboxylic acids is 1. The van der Waals surface area contributed by atoms with Crippen LogP contribution < -0.4 is 15.5 Å². The molecule has 198 valence electrons. The molecule has 2 aromatic heterocycles. The third-order valence-corrected chi connectivity index (χ3v) is 6.97. The van der Waals surface area contributed by atoms with Gasteiger partial charge < -0.3 is 25.3 Å². The number of imidazole rings is 1. The lowest BCUT2D eigenvalue weighted by atomic mass is 10.1. The van der Waals surface area contributed by atoms with Crippen LogP contribution in [0, 0.1) is 6.92 Å². The summed E-state index contributed by atoms with van der Waals surface area (Å²) < 4.78 is 5.44. The van der Waals surface area contributed by atoms with E-state index >= 15 is 0 Å². The van der Waals surface area contributed by atoms with Gasteiger partial charge in [0.05, 0.1) is 29.9 Å². The molecule has 1 aliphatic rings. The summed E-state index contributed by atoms with van der Waals surface area (Å²) in [6.07, 6.45) is 1.81. The van der Waals surface area contributed by atoms with Crippen molar-refractivity contribution in [3.8, 4) is 0 Å². The van der Waals surface area contributed by atoms with Gasteiger partial charge >= 0.3 is 0 Å². The molecule has 5 aromatic rings. The van der Waals surface area contributed by atoms with Crippen LogP contribution in [0.5, 0.6) is 0 Å². The molecule has 0 atom stereocenters. The van der Waals surface area contributed by atoms with Gasteiger partial charge in [-0.05, 0) is 48.9 Å². The summed E-state index contributed by atoms with van der Waals surface area (Å²) in [6.45, 7) is 9.32. The molecule has 9 heteroatoms. The fourth-order valence-corrected chi connectivity index (χ4v) is 4.81. The number of carbonyl (C=O) groups is 1. The first-order chi connectivity index (χ1) is 18.9. The van der Waals surface area contributed by atoms with Crippen LogP contribution in [0.3, 0.4) is 0 Å². The molecular formula is C30H31N7O2. The number of hydrogen-bond acceptors (Lipinski definition) is 7. The van der Waals surface area contributed by atoms with Crippen molar-refractivity contribution in [2.75, 3.05) is 41.8 Å². The van der Waals surface area contributed by atoms with E-state index in [1.54, 1.807) is 0 Å². The number of amides is 1. The lowest BCUT2D eigenvalue weighted by molar-refractivity contribution is 0.102. The van der Waals surface area contributed by atoms with E-state index in [9.17, 15) is 4.79 Å². The molecule has 0 aliphatic carbocycles. The van der Waals surface area contributed by atoms with Crippen molar-refractivity contribution in [1.29, 1.82) is 0 Å². The van der Waals surface area contributed by atoms with Crippen LogP contribution >= 0.6 is 0 Å². The van der Waals surface area contributed by atoms with Crippen molar-refractivity contribution >= 4 is 50.9 Å². The minimum atomic E-state index is -0.200. The molecule has 0 bridgehead atoms. The first-order valence-corrected chi connectivity index (χ1v) is 13.2. The molecule has 39 heavy (non-hydrogen) atoms. The highest BCUT2D eigenvalue weighted by Gasteiger charge is 2.17. The second-order valence-corrected chi connectivity index (χ2v) is 10.1. The fraction of sp³-hybridized carbons (Fsp3) is 0.267. The molecule has 3 N–H and O–H groups in total. The SMILES string of the molecule is Cc1cccc2cnc(Nc3cc(NC(=O)c4ccc(N5CCOCC5)cc4)c4nc(C(C)C)[nH]c4c3)nc12. The molecule has 0 radical (unpaired) electrons. The first-order valence-electron chi connectivity index (χ1n) is 13.2. The summed E-state index contributed by atoms with van der Waals surface area (Å²) in [6, 6.07) is 17.5. The van der Waals surface area contributed by atoms with E-state index in [4.69, 9.17) is 14.7 Å². The van der Waals surface area contributed by atoms with Gasteiger partial charge in [0.2, 0.25) is 5.95 Å². The second-order valence-electron chi connectivity index (χ2n) is 10.1. The molecule has 1 aliphatic heterocycles. The monoisotopic (exact) mass is 521 g/mol. The Kier molecular flexibility index (Phi) is 6.58. The van der Waals surface area contributed by atoms with Crippen molar-refractivity contribution in [2.24, 2.45) is 0 Å². The molecule has 0 spiro atoms. The van der Waals surface area contributed by atoms with E-state index in [0.29, 0.717) is 35.9 Å². The van der Waals surface area contributed by atoms with E-state index in [1.807, 2.05) is 67.7 Å². The molecule has 9 nitrogen and oxygen atoms in total. The topological polar surface area (TPSA) is 108 Å². The lowest BCUT2D eigenvalue weighted by Gasteiger charge is -2.28. The Balaban J connectivity index is 1.30. The summed E-state index contributed by atoms with van der Waals surface area (Å²) >= 11 is 0. The molecule has 3 heterocycles. The van der Waals surface area contributed by atoms with Gasteiger partial charge in [-0.15, -0.1) is 0 Å². The molecule has 0 unspecified atom stereocenters. The number of nitrogens with one attached hydrogen (secondary N) is 3. The van der Waals surface area contributed by atoms with Gasteiger partial charge in [-0.3, -0.25) is 4.79 Å². The lowest BCUT2D eigenvalue weighted by Crippen LogP contribution is -2.36. The molecule has 1 fully saturated rings. The van der Waals surface area contributed by atoms with Gasteiger partial charge in [0, 0.05) is 47.5 Å². The summed E-state index contributed by atoms with van der Waals surface area (Å²) in [5.74, 6) is 1.34. The highest BCUT2D eigenvalue weighted by molar-refractivity contribution is 6.09. The second kappa shape index (κ2) is 10.3. The van der Waals surface area contributed by atoms with Gasteiger partial charge in [0.25, 0.3) is 5.91 Å². The van der Waals surface area contributed by atoms with Crippen LogP contribution in [-0.4, -0.2) is 52.1 Å². The molecule has 1 saturated heterocycles. The number of benzene rings is 3. The number of para-hydroxylation sites is 1. The molecular weight excluding hydrogens is 490 g/mol.